The molecule has 0 N–H and O–H groups in total. The van der Waals surface area contributed by atoms with Gasteiger partial charge in [-0.15, -0.1) is 0 Å². The van der Waals surface area contributed by atoms with Gasteiger partial charge < -0.3 is 0 Å². The Bertz CT molecular complexity index is 517. The number of hydrogen-bond acceptors (Lipinski definition) is 1. The second kappa shape index (κ2) is 8.86. The van der Waals surface area contributed by atoms with Crippen molar-refractivity contribution in [3.8, 4) is 0 Å². The predicted molar refractivity (Wildman–Crippen MR) is 91.8 cm³/mol. The molecule has 0 aromatic heterocycles. The van der Waals surface area contributed by atoms with Gasteiger partial charge in [-0.3, -0.25) is 0 Å². The van der Waals surface area contributed by atoms with Crippen LogP contribution in [0.1, 0.15) is 51.2 Å². The molecule has 0 amide bonds. The molecule has 1 atom stereocenters. The van der Waals surface area contributed by atoms with Crippen molar-refractivity contribution in [2.45, 2.75) is 56.7 Å². The third kappa shape index (κ3) is 4.42. The van der Waals surface area contributed by atoms with Gasteiger partial charge in [-0.05, 0) is 42.5 Å². The molecule has 2 aromatic carbocycles. The molecule has 20 heavy (non-hydrogen) atoms. The van der Waals surface area contributed by atoms with E-state index in [0.717, 1.165) is 0 Å². The van der Waals surface area contributed by atoms with Gasteiger partial charge >= 0.3 is 0 Å². The van der Waals surface area contributed by atoms with Crippen LogP contribution in [-0.4, -0.2) is 0 Å². The Balaban J connectivity index is 0.000000956. The molecule has 2 rings (SSSR count). The summed E-state index contributed by atoms with van der Waals surface area (Å²) >= 11 is 1.88. The van der Waals surface area contributed by atoms with Crippen molar-refractivity contribution in [1.29, 1.82) is 0 Å². The fourth-order valence-corrected chi connectivity index (χ4v) is 3.14. The van der Waals surface area contributed by atoms with E-state index in [1.165, 1.54) is 27.3 Å². The highest BCUT2D eigenvalue weighted by atomic mass is 32.2. The van der Waals surface area contributed by atoms with Crippen LogP contribution in [-0.2, 0) is 0 Å². The van der Waals surface area contributed by atoms with Crippen molar-refractivity contribution < 1.29 is 0 Å². The van der Waals surface area contributed by atoms with Crippen molar-refractivity contribution in [1.82, 2.24) is 0 Å². The molecule has 0 aliphatic carbocycles. The van der Waals surface area contributed by atoms with E-state index in [1.54, 1.807) is 0 Å². The zero-order valence-corrected chi connectivity index (χ0v) is 14.1. The van der Waals surface area contributed by atoms with Crippen LogP contribution in [0.25, 0.3) is 0 Å². The fraction of sp³-hybridized carbons (Fsp3) is 0.368. The largest absolute Gasteiger partial charge is 0.0895 e. The first-order valence-corrected chi connectivity index (χ1v) is 8.36. The molecule has 1 heteroatoms. The lowest BCUT2D eigenvalue weighted by Gasteiger charge is -2.15. The standard InChI is InChI=1S/C17H20S.C2H6/c1-4-13(2)15-10-6-8-12-17(15)18-16-11-7-5-9-14(16)3;1-2/h5-13H,4H2,1-3H3;1-2H3. The summed E-state index contributed by atoms with van der Waals surface area (Å²) in [5.41, 5.74) is 2.81. The van der Waals surface area contributed by atoms with Gasteiger partial charge in [0, 0.05) is 9.79 Å². The topological polar surface area (TPSA) is 0 Å². The van der Waals surface area contributed by atoms with Crippen LogP contribution in [0, 0.1) is 6.92 Å². The van der Waals surface area contributed by atoms with E-state index in [1.807, 2.05) is 25.6 Å². The summed E-state index contributed by atoms with van der Waals surface area (Å²) in [6.45, 7) is 10.7. The molecule has 1 unspecified atom stereocenters. The smallest absolute Gasteiger partial charge is 0.0157 e. The third-order valence-electron chi connectivity index (χ3n) is 3.38. The predicted octanol–water partition coefficient (Wildman–Crippen LogP) is 6.69. The van der Waals surface area contributed by atoms with Crippen LogP contribution in [0.4, 0.5) is 0 Å². The van der Waals surface area contributed by atoms with Crippen molar-refractivity contribution in [2.24, 2.45) is 0 Å². The summed E-state index contributed by atoms with van der Waals surface area (Å²) < 4.78 is 0. The van der Waals surface area contributed by atoms with Gasteiger partial charge in [-0.2, -0.15) is 0 Å². The maximum Gasteiger partial charge on any atom is 0.0157 e. The van der Waals surface area contributed by atoms with Crippen LogP contribution in [0.2, 0.25) is 0 Å². The van der Waals surface area contributed by atoms with E-state index in [0.29, 0.717) is 5.92 Å². The lowest BCUT2D eigenvalue weighted by Crippen LogP contribution is -1.94. The van der Waals surface area contributed by atoms with E-state index in [-0.39, 0.29) is 0 Å². The van der Waals surface area contributed by atoms with Gasteiger partial charge in [0.25, 0.3) is 0 Å². The Morgan fingerprint density at radius 3 is 2.05 bits per heavy atom. The van der Waals surface area contributed by atoms with Crippen molar-refractivity contribution in [3.63, 3.8) is 0 Å². The zero-order chi connectivity index (χ0) is 15.0. The van der Waals surface area contributed by atoms with E-state index >= 15 is 0 Å². The van der Waals surface area contributed by atoms with Crippen molar-refractivity contribution in [3.05, 3.63) is 59.7 Å². The van der Waals surface area contributed by atoms with Crippen LogP contribution < -0.4 is 0 Å². The Hall–Kier alpha value is -1.21. The van der Waals surface area contributed by atoms with Gasteiger partial charge in [0.05, 0.1) is 0 Å². The van der Waals surface area contributed by atoms with Crippen LogP contribution >= 0.6 is 11.8 Å². The molecule has 0 aliphatic rings. The quantitative estimate of drug-likeness (QED) is 0.603. The number of aryl methyl sites for hydroxylation is 1. The van der Waals surface area contributed by atoms with Gasteiger partial charge in [0.15, 0.2) is 0 Å². The minimum atomic E-state index is 0.623. The average Bonchev–Trinajstić information content (AvgIpc) is 2.51. The van der Waals surface area contributed by atoms with E-state index in [9.17, 15) is 0 Å². The number of benzene rings is 2. The average molecular weight is 286 g/mol. The maximum atomic E-state index is 2.30. The molecule has 0 saturated heterocycles. The highest BCUT2D eigenvalue weighted by Gasteiger charge is 2.10. The summed E-state index contributed by atoms with van der Waals surface area (Å²) in [6, 6.07) is 17.4. The molecule has 0 aliphatic heterocycles. The van der Waals surface area contributed by atoms with Crippen LogP contribution in [0.15, 0.2) is 58.3 Å². The minimum Gasteiger partial charge on any atom is -0.0895 e. The molecular weight excluding hydrogens is 260 g/mol. The SMILES string of the molecule is CC.CCC(C)c1ccccc1Sc1ccccc1C. The first-order valence-electron chi connectivity index (χ1n) is 7.54. The van der Waals surface area contributed by atoms with E-state index in [4.69, 9.17) is 0 Å². The Morgan fingerprint density at radius 2 is 1.45 bits per heavy atom. The summed E-state index contributed by atoms with van der Waals surface area (Å²) in [5, 5.41) is 0. The van der Waals surface area contributed by atoms with Gasteiger partial charge in [0.1, 0.15) is 0 Å². The third-order valence-corrected chi connectivity index (χ3v) is 4.65. The van der Waals surface area contributed by atoms with E-state index < -0.39 is 0 Å². The summed E-state index contributed by atoms with van der Waals surface area (Å²) in [7, 11) is 0. The van der Waals surface area contributed by atoms with Crippen molar-refractivity contribution in [2.75, 3.05) is 0 Å². The van der Waals surface area contributed by atoms with Crippen molar-refractivity contribution >= 4 is 11.8 Å². The number of rotatable bonds is 4. The lowest BCUT2D eigenvalue weighted by atomic mass is 9.99. The van der Waals surface area contributed by atoms with E-state index in [2.05, 4.69) is 69.3 Å². The molecule has 0 saturated carbocycles. The first kappa shape index (κ1) is 16.8. The molecule has 0 fully saturated rings. The molecule has 0 heterocycles. The van der Waals surface area contributed by atoms with Gasteiger partial charge in [-0.1, -0.05) is 75.9 Å². The zero-order valence-electron chi connectivity index (χ0n) is 13.3. The molecule has 0 nitrogen and oxygen atoms in total. The van der Waals surface area contributed by atoms with Gasteiger partial charge in [0.2, 0.25) is 0 Å². The maximum absolute atomic E-state index is 2.30. The second-order valence-electron chi connectivity index (χ2n) is 4.71. The molecule has 0 radical (unpaired) electrons. The molecule has 0 spiro atoms. The highest BCUT2D eigenvalue weighted by Crippen LogP contribution is 2.36. The second-order valence-corrected chi connectivity index (χ2v) is 5.80. The first-order chi connectivity index (χ1) is 9.72. The van der Waals surface area contributed by atoms with Crippen LogP contribution in [0.5, 0.6) is 0 Å². The van der Waals surface area contributed by atoms with Gasteiger partial charge in [-0.25, -0.2) is 0 Å². The van der Waals surface area contributed by atoms with Crippen LogP contribution in [0.3, 0.4) is 0 Å². The molecule has 0 bridgehead atoms. The Kier molecular flexibility index (Phi) is 7.46. The monoisotopic (exact) mass is 286 g/mol. The summed E-state index contributed by atoms with van der Waals surface area (Å²) in [6.07, 6.45) is 1.19. The Labute approximate surface area is 128 Å². The highest BCUT2D eigenvalue weighted by molar-refractivity contribution is 7.99. The number of hydrogen-bond donors (Lipinski definition) is 0. The minimum absolute atomic E-state index is 0.623. The fourth-order valence-electron chi connectivity index (χ4n) is 1.99. The normalized spacial score (nSPS) is 11.4. The summed E-state index contributed by atoms with van der Waals surface area (Å²) in [5.74, 6) is 0.623. The molecular formula is C19H26S. The molecule has 108 valence electrons. The summed E-state index contributed by atoms with van der Waals surface area (Å²) in [4.78, 5) is 2.74. The molecule has 2 aromatic rings. The lowest BCUT2D eigenvalue weighted by molar-refractivity contribution is 0.719. The Morgan fingerprint density at radius 1 is 0.900 bits per heavy atom.